The number of carbonyl (C=O) groups excluding carboxylic acids is 1. The number of hydrogen-bond acceptors (Lipinski definition) is 2. The van der Waals surface area contributed by atoms with Crippen LogP contribution >= 0.6 is 11.6 Å². The van der Waals surface area contributed by atoms with Gasteiger partial charge in [-0.1, -0.05) is 11.6 Å². The molecule has 1 aromatic carbocycles. The van der Waals surface area contributed by atoms with Crippen molar-refractivity contribution in [2.24, 2.45) is 0 Å². The summed E-state index contributed by atoms with van der Waals surface area (Å²) >= 11 is 5.74. The molecule has 18 heavy (non-hydrogen) atoms. The fourth-order valence-corrected chi connectivity index (χ4v) is 1.65. The van der Waals surface area contributed by atoms with Crippen LogP contribution < -0.4 is 4.74 Å². The second-order valence-corrected chi connectivity index (χ2v) is 4.17. The maximum atomic E-state index is 12.0. The van der Waals surface area contributed by atoms with Gasteiger partial charge in [-0.3, -0.25) is 4.79 Å². The zero-order valence-corrected chi connectivity index (χ0v) is 10.4. The molecule has 0 spiro atoms. The Morgan fingerprint density at radius 2 is 2.06 bits per heavy atom. The third-order valence-electron chi connectivity index (χ3n) is 2.33. The van der Waals surface area contributed by atoms with Crippen molar-refractivity contribution in [3.8, 4) is 5.75 Å². The molecular weight excluding hydrogens is 269 g/mol. The van der Waals surface area contributed by atoms with E-state index in [4.69, 9.17) is 16.3 Å². The van der Waals surface area contributed by atoms with Crippen molar-refractivity contribution in [3.05, 3.63) is 28.8 Å². The van der Waals surface area contributed by atoms with Crippen molar-refractivity contribution < 1.29 is 22.7 Å². The smallest absolute Gasteiger partial charge is 0.389 e. The molecule has 0 aliphatic carbocycles. The van der Waals surface area contributed by atoms with Crippen LogP contribution in [-0.2, 0) is 0 Å². The van der Waals surface area contributed by atoms with Crippen molar-refractivity contribution in [2.75, 3.05) is 7.11 Å². The third-order valence-corrected chi connectivity index (χ3v) is 2.56. The number of Topliss-reactive ketones (excluding diaryl/α,β-unsaturated/α-hetero) is 1. The van der Waals surface area contributed by atoms with Gasteiger partial charge in [0, 0.05) is 17.9 Å². The second kappa shape index (κ2) is 6.09. The van der Waals surface area contributed by atoms with Gasteiger partial charge < -0.3 is 4.74 Å². The van der Waals surface area contributed by atoms with Crippen LogP contribution in [0.3, 0.4) is 0 Å². The van der Waals surface area contributed by atoms with Gasteiger partial charge >= 0.3 is 6.18 Å². The van der Waals surface area contributed by atoms with Gasteiger partial charge in [0.05, 0.1) is 12.7 Å². The summed E-state index contributed by atoms with van der Waals surface area (Å²) in [5.41, 5.74) is 0.215. The van der Waals surface area contributed by atoms with E-state index < -0.39 is 18.4 Å². The second-order valence-electron chi connectivity index (χ2n) is 3.74. The minimum Gasteiger partial charge on any atom is -0.496 e. The van der Waals surface area contributed by atoms with E-state index in [1.165, 1.54) is 19.2 Å². The number of ether oxygens (including phenoxy) is 1. The summed E-state index contributed by atoms with van der Waals surface area (Å²) in [6, 6.07) is 4.46. The maximum absolute atomic E-state index is 12.0. The maximum Gasteiger partial charge on any atom is 0.389 e. The first-order chi connectivity index (χ1) is 8.33. The molecule has 0 heterocycles. The van der Waals surface area contributed by atoms with Gasteiger partial charge in [-0.05, 0) is 24.6 Å². The number of hydrogen-bond donors (Lipinski definition) is 0. The minimum absolute atomic E-state index is 0.184. The van der Waals surface area contributed by atoms with Crippen molar-refractivity contribution in [1.82, 2.24) is 0 Å². The van der Waals surface area contributed by atoms with E-state index in [0.717, 1.165) is 0 Å². The number of ketones is 1. The topological polar surface area (TPSA) is 26.3 Å². The van der Waals surface area contributed by atoms with Crippen LogP contribution in [0.1, 0.15) is 29.6 Å². The van der Waals surface area contributed by atoms with E-state index in [1.54, 1.807) is 6.07 Å². The molecule has 0 atom stereocenters. The average molecular weight is 281 g/mol. The summed E-state index contributed by atoms with van der Waals surface area (Å²) in [7, 11) is 1.38. The Kier molecular flexibility index (Phi) is 5.02. The van der Waals surface area contributed by atoms with Crippen molar-refractivity contribution in [1.29, 1.82) is 0 Å². The summed E-state index contributed by atoms with van der Waals surface area (Å²) in [6.45, 7) is 0. The van der Waals surface area contributed by atoms with Crippen LogP contribution in [0, 0.1) is 0 Å². The van der Waals surface area contributed by atoms with E-state index in [9.17, 15) is 18.0 Å². The van der Waals surface area contributed by atoms with Crippen LogP contribution in [0.5, 0.6) is 5.75 Å². The van der Waals surface area contributed by atoms with E-state index >= 15 is 0 Å². The minimum atomic E-state index is -4.24. The summed E-state index contributed by atoms with van der Waals surface area (Å²) < 4.78 is 40.8. The Bertz CT molecular complexity index is 430. The number of carbonyl (C=O) groups is 1. The Balaban J connectivity index is 2.69. The third kappa shape index (κ3) is 4.56. The van der Waals surface area contributed by atoms with Gasteiger partial charge in [0.2, 0.25) is 0 Å². The SMILES string of the molecule is COc1ccc(Cl)cc1C(=O)CCCC(F)(F)F. The Morgan fingerprint density at radius 1 is 1.39 bits per heavy atom. The molecule has 0 saturated carbocycles. The predicted octanol–water partition coefficient (Wildman–Crippen LogP) is 4.26. The Morgan fingerprint density at radius 3 is 2.61 bits per heavy atom. The average Bonchev–Trinajstić information content (AvgIpc) is 2.27. The molecule has 0 aliphatic heterocycles. The van der Waals surface area contributed by atoms with Gasteiger partial charge in [0.1, 0.15) is 5.75 Å². The van der Waals surface area contributed by atoms with Gasteiger partial charge in [-0.15, -0.1) is 0 Å². The van der Waals surface area contributed by atoms with E-state index in [2.05, 4.69) is 0 Å². The highest BCUT2D eigenvalue weighted by molar-refractivity contribution is 6.31. The fourth-order valence-electron chi connectivity index (χ4n) is 1.48. The lowest BCUT2D eigenvalue weighted by molar-refractivity contribution is -0.135. The quantitative estimate of drug-likeness (QED) is 0.753. The van der Waals surface area contributed by atoms with E-state index in [-0.39, 0.29) is 18.4 Å². The first-order valence-electron chi connectivity index (χ1n) is 5.27. The molecule has 1 aromatic rings. The van der Waals surface area contributed by atoms with Crippen molar-refractivity contribution in [2.45, 2.75) is 25.4 Å². The van der Waals surface area contributed by atoms with Crippen LogP contribution in [0.25, 0.3) is 0 Å². The molecule has 2 nitrogen and oxygen atoms in total. The zero-order chi connectivity index (χ0) is 13.8. The highest BCUT2D eigenvalue weighted by atomic mass is 35.5. The molecule has 0 saturated heterocycles. The summed E-state index contributed by atoms with van der Waals surface area (Å²) in [4.78, 5) is 11.8. The van der Waals surface area contributed by atoms with Gasteiger partial charge in [-0.2, -0.15) is 13.2 Å². The number of methoxy groups -OCH3 is 1. The number of alkyl halides is 3. The number of rotatable bonds is 5. The van der Waals surface area contributed by atoms with Gasteiger partial charge in [0.25, 0.3) is 0 Å². The molecule has 0 unspecified atom stereocenters. The number of halogens is 4. The molecule has 6 heteroatoms. The molecule has 0 N–H and O–H groups in total. The molecule has 100 valence electrons. The van der Waals surface area contributed by atoms with Crippen LogP contribution in [0.4, 0.5) is 13.2 Å². The fraction of sp³-hybridized carbons (Fsp3) is 0.417. The molecule has 0 bridgehead atoms. The largest absolute Gasteiger partial charge is 0.496 e. The lowest BCUT2D eigenvalue weighted by atomic mass is 10.0. The lowest BCUT2D eigenvalue weighted by Crippen LogP contribution is -2.09. The lowest BCUT2D eigenvalue weighted by Gasteiger charge is -2.09. The monoisotopic (exact) mass is 280 g/mol. The highest BCUT2D eigenvalue weighted by Crippen LogP contribution is 2.26. The van der Waals surface area contributed by atoms with Crippen LogP contribution in [0.15, 0.2) is 18.2 Å². The predicted molar refractivity (Wildman–Crippen MR) is 62.2 cm³/mol. The standard InChI is InChI=1S/C12H12ClF3O2/c1-18-11-5-4-8(13)7-9(11)10(17)3-2-6-12(14,15)16/h4-5,7H,2-3,6H2,1H3. The van der Waals surface area contributed by atoms with Gasteiger partial charge in [-0.25, -0.2) is 0 Å². The molecule has 0 radical (unpaired) electrons. The normalized spacial score (nSPS) is 11.4. The molecule has 1 rings (SSSR count). The summed E-state index contributed by atoms with van der Waals surface area (Å²) in [6.07, 6.45) is -5.63. The molecule has 0 amide bonds. The molecule has 0 fully saturated rings. The Labute approximate surface area is 108 Å². The number of benzene rings is 1. The molecular formula is C12H12ClF3O2. The van der Waals surface area contributed by atoms with Crippen LogP contribution in [-0.4, -0.2) is 19.1 Å². The van der Waals surface area contributed by atoms with Crippen molar-refractivity contribution in [3.63, 3.8) is 0 Å². The van der Waals surface area contributed by atoms with Gasteiger partial charge in [0.15, 0.2) is 5.78 Å². The first kappa shape index (κ1) is 14.8. The summed E-state index contributed by atoms with van der Waals surface area (Å²) in [5, 5.41) is 0.343. The zero-order valence-electron chi connectivity index (χ0n) is 9.68. The van der Waals surface area contributed by atoms with E-state index in [1.807, 2.05) is 0 Å². The molecule has 0 aliphatic rings. The summed E-state index contributed by atoms with van der Waals surface area (Å²) in [5.74, 6) is -0.0880. The Hall–Kier alpha value is -1.23. The molecule has 0 aromatic heterocycles. The van der Waals surface area contributed by atoms with Crippen molar-refractivity contribution >= 4 is 17.4 Å². The van der Waals surface area contributed by atoms with Crippen LogP contribution in [0.2, 0.25) is 5.02 Å². The first-order valence-corrected chi connectivity index (χ1v) is 5.65. The van der Waals surface area contributed by atoms with E-state index in [0.29, 0.717) is 10.8 Å². The highest BCUT2D eigenvalue weighted by Gasteiger charge is 2.26.